The first-order valence-corrected chi connectivity index (χ1v) is 9.67. The fraction of sp³-hybridized carbons (Fsp3) is 0.120. The molecule has 0 aliphatic carbocycles. The van der Waals surface area contributed by atoms with Crippen LogP contribution < -0.4 is 5.32 Å². The third kappa shape index (κ3) is 3.97. The van der Waals surface area contributed by atoms with Crippen molar-refractivity contribution in [3.8, 4) is 11.1 Å². The number of amides is 1. The molecule has 29 heavy (non-hydrogen) atoms. The van der Waals surface area contributed by atoms with Gasteiger partial charge < -0.3 is 5.32 Å². The number of nitrogens with one attached hydrogen (secondary N) is 1. The molecule has 1 aromatic heterocycles. The Morgan fingerprint density at radius 1 is 0.862 bits per heavy atom. The maximum atomic E-state index is 13.1. The van der Waals surface area contributed by atoms with Crippen molar-refractivity contribution < 1.29 is 4.79 Å². The molecule has 0 aliphatic heterocycles. The molecule has 0 spiro atoms. The van der Waals surface area contributed by atoms with E-state index in [1.165, 1.54) is 5.56 Å². The van der Waals surface area contributed by atoms with Crippen molar-refractivity contribution in [2.45, 2.75) is 20.4 Å². The highest BCUT2D eigenvalue weighted by Crippen LogP contribution is 2.26. The zero-order valence-corrected chi connectivity index (χ0v) is 16.6. The van der Waals surface area contributed by atoms with E-state index in [0.717, 1.165) is 28.2 Å². The summed E-state index contributed by atoms with van der Waals surface area (Å²) in [7, 11) is 0. The Bertz CT molecular complexity index is 1130. The summed E-state index contributed by atoms with van der Waals surface area (Å²) in [5.74, 6) is -0.130. The first-order chi connectivity index (χ1) is 14.1. The quantitative estimate of drug-likeness (QED) is 0.498. The van der Waals surface area contributed by atoms with E-state index in [2.05, 4.69) is 22.5 Å². The number of carbonyl (C=O) groups excluding carboxylic acids is 1. The molecule has 0 bridgehead atoms. The van der Waals surface area contributed by atoms with E-state index in [1.54, 1.807) is 0 Å². The van der Waals surface area contributed by atoms with E-state index in [1.807, 2.05) is 91.3 Å². The van der Waals surface area contributed by atoms with Crippen LogP contribution in [-0.2, 0) is 6.54 Å². The third-order valence-corrected chi connectivity index (χ3v) is 5.05. The molecule has 0 fully saturated rings. The molecule has 1 heterocycles. The standard InChI is InChI=1S/C25H23N3O/c1-18-24(19(2)28(27-18)17-20-11-5-3-6-12-20)26-25(29)23-16-10-9-15-22(23)21-13-7-4-8-14-21/h3-16H,17H2,1-2H3,(H,26,29). The van der Waals surface area contributed by atoms with Gasteiger partial charge in [0.25, 0.3) is 5.91 Å². The van der Waals surface area contributed by atoms with Gasteiger partial charge in [-0.1, -0.05) is 78.9 Å². The second kappa shape index (κ2) is 8.15. The van der Waals surface area contributed by atoms with Gasteiger partial charge in [-0.2, -0.15) is 5.10 Å². The molecule has 0 atom stereocenters. The number of anilines is 1. The van der Waals surface area contributed by atoms with Crippen molar-refractivity contribution in [3.05, 3.63) is 107 Å². The fourth-order valence-corrected chi connectivity index (χ4v) is 3.52. The first kappa shape index (κ1) is 18.7. The summed E-state index contributed by atoms with van der Waals surface area (Å²) in [6.45, 7) is 4.58. The maximum Gasteiger partial charge on any atom is 0.256 e. The molecule has 0 radical (unpaired) electrons. The highest BCUT2D eigenvalue weighted by Gasteiger charge is 2.18. The summed E-state index contributed by atoms with van der Waals surface area (Å²) in [5, 5.41) is 7.72. The SMILES string of the molecule is Cc1nn(Cc2ccccc2)c(C)c1NC(=O)c1ccccc1-c1ccccc1. The van der Waals surface area contributed by atoms with E-state index in [4.69, 9.17) is 0 Å². The molecule has 0 saturated carbocycles. The third-order valence-electron chi connectivity index (χ3n) is 5.05. The Morgan fingerprint density at radius 2 is 1.48 bits per heavy atom. The number of benzene rings is 3. The summed E-state index contributed by atoms with van der Waals surface area (Å²) >= 11 is 0. The molecule has 4 rings (SSSR count). The molecule has 4 nitrogen and oxygen atoms in total. The van der Waals surface area contributed by atoms with Crippen molar-refractivity contribution in [1.29, 1.82) is 0 Å². The first-order valence-electron chi connectivity index (χ1n) is 9.67. The molecular weight excluding hydrogens is 358 g/mol. The maximum absolute atomic E-state index is 13.1. The van der Waals surface area contributed by atoms with Crippen molar-refractivity contribution >= 4 is 11.6 Å². The lowest BCUT2D eigenvalue weighted by atomic mass is 9.99. The Labute approximate surface area is 170 Å². The Kier molecular flexibility index (Phi) is 5.25. The zero-order valence-electron chi connectivity index (χ0n) is 16.6. The van der Waals surface area contributed by atoms with E-state index in [9.17, 15) is 4.79 Å². The highest BCUT2D eigenvalue weighted by atomic mass is 16.1. The lowest BCUT2D eigenvalue weighted by Crippen LogP contribution is -2.14. The molecule has 144 valence electrons. The molecule has 1 amide bonds. The Balaban J connectivity index is 1.62. The number of rotatable bonds is 5. The Hall–Kier alpha value is -3.66. The van der Waals surface area contributed by atoms with Crippen LogP contribution in [-0.4, -0.2) is 15.7 Å². The van der Waals surface area contributed by atoms with Crippen LogP contribution in [0.3, 0.4) is 0 Å². The summed E-state index contributed by atoms with van der Waals surface area (Å²) < 4.78 is 1.93. The van der Waals surface area contributed by atoms with Crippen LogP contribution in [0.25, 0.3) is 11.1 Å². The number of aromatic nitrogens is 2. The largest absolute Gasteiger partial charge is 0.319 e. The second-order valence-corrected chi connectivity index (χ2v) is 7.05. The zero-order chi connectivity index (χ0) is 20.2. The van der Waals surface area contributed by atoms with E-state index < -0.39 is 0 Å². The molecule has 3 aromatic carbocycles. The lowest BCUT2D eigenvalue weighted by molar-refractivity contribution is 0.102. The topological polar surface area (TPSA) is 46.9 Å². The second-order valence-electron chi connectivity index (χ2n) is 7.05. The van der Waals surface area contributed by atoms with Gasteiger partial charge in [0.2, 0.25) is 0 Å². The van der Waals surface area contributed by atoms with Crippen LogP contribution in [0.2, 0.25) is 0 Å². The monoisotopic (exact) mass is 381 g/mol. The average molecular weight is 381 g/mol. The van der Waals surface area contributed by atoms with Crippen LogP contribution in [0.4, 0.5) is 5.69 Å². The predicted octanol–water partition coefficient (Wildman–Crippen LogP) is 5.47. The van der Waals surface area contributed by atoms with E-state index in [0.29, 0.717) is 12.1 Å². The predicted molar refractivity (Wildman–Crippen MR) is 117 cm³/mol. The minimum Gasteiger partial charge on any atom is -0.319 e. The van der Waals surface area contributed by atoms with Gasteiger partial charge in [-0.15, -0.1) is 0 Å². The number of carbonyl (C=O) groups is 1. The van der Waals surface area contributed by atoms with Gasteiger partial charge in [-0.3, -0.25) is 9.48 Å². The summed E-state index contributed by atoms with van der Waals surface area (Å²) in [6.07, 6.45) is 0. The van der Waals surface area contributed by atoms with Crippen molar-refractivity contribution in [1.82, 2.24) is 9.78 Å². The van der Waals surface area contributed by atoms with Crippen LogP contribution in [0, 0.1) is 13.8 Å². The van der Waals surface area contributed by atoms with Crippen LogP contribution in [0.5, 0.6) is 0 Å². The van der Waals surface area contributed by atoms with Crippen molar-refractivity contribution in [2.24, 2.45) is 0 Å². The van der Waals surface area contributed by atoms with E-state index in [-0.39, 0.29) is 5.91 Å². The van der Waals surface area contributed by atoms with E-state index >= 15 is 0 Å². The fourth-order valence-electron chi connectivity index (χ4n) is 3.52. The summed E-state index contributed by atoms with van der Waals surface area (Å²) in [4.78, 5) is 13.1. The molecule has 4 aromatic rings. The number of hydrogen-bond donors (Lipinski definition) is 1. The van der Waals surface area contributed by atoms with Gasteiger partial charge in [-0.05, 0) is 36.6 Å². The number of nitrogens with zero attached hydrogens (tertiary/aromatic N) is 2. The Morgan fingerprint density at radius 3 is 2.21 bits per heavy atom. The van der Waals surface area contributed by atoms with Gasteiger partial charge in [0, 0.05) is 5.56 Å². The summed E-state index contributed by atoms with van der Waals surface area (Å²) in [6, 6.07) is 27.8. The number of aryl methyl sites for hydroxylation is 1. The molecule has 1 N–H and O–H groups in total. The average Bonchev–Trinajstić information content (AvgIpc) is 3.02. The van der Waals surface area contributed by atoms with Crippen LogP contribution >= 0.6 is 0 Å². The normalized spacial score (nSPS) is 10.7. The molecule has 4 heteroatoms. The van der Waals surface area contributed by atoms with Crippen LogP contribution in [0.15, 0.2) is 84.9 Å². The molecule has 0 saturated heterocycles. The minimum atomic E-state index is -0.130. The summed E-state index contributed by atoms with van der Waals surface area (Å²) in [5.41, 5.74) is 6.28. The smallest absolute Gasteiger partial charge is 0.256 e. The number of hydrogen-bond acceptors (Lipinski definition) is 2. The van der Waals surface area contributed by atoms with Gasteiger partial charge in [0.15, 0.2) is 0 Å². The minimum absolute atomic E-state index is 0.130. The molecular formula is C25H23N3O. The van der Waals surface area contributed by atoms with Gasteiger partial charge in [0.05, 0.1) is 23.6 Å². The highest BCUT2D eigenvalue weighted by molar-refractivity contribution is 6.09. The molecule has 0 unspecified atom stereocenters. The van der Waals surface area contributed by atoms with Gasteiger partial charge >= 0.3 is 0 Å². The van der Waals surface area contributed by atoms with Crippen molar-refractivity contribution in [2.75, 3.05) is 5.32 Å². The van der Waals surface area contributed by atoms with Gasteiger partial charge in [0.1, 0.15) is 0 Å². The van der Waals surface area contributed by atoms with Crippen molar-refractivity contribution in [3.63, 3.8) is 0 Å². The lowest BCUT2D eigenvalue weighted by Gasteiger charge is -2.11. The van der Waals surface area contributed by atoms with Gasteiger partial charge in [-0.25, -0.2) is 0 Å². The molecule has 0 aliphatic rings. The van der Waals surface area contributed by atoms with Crippen LogP contribution in [0.1, 0.15) is 27.3 Å².